The van der Waals surface area contributed by atoms with Crippen LogP contribution in [-0.4, -0.2) is 30.0 Å². The highest BCUT2D eigenvalue weighted by atomic mass is 35.5. The molecule has 150 valence electrons. The third kappa shape index (κ3) is 3.73. The standard InChI is InChI=1S/C18H14ClF2N5O2S/c1-11-16(25-29(2,27)13-6-4-3-5-7-13)26-9-8-12(10-14(26)22-11)15-23-17(28-24-15)18(19,20)21/h3-10H,1-2H3. The van der Waals surface area contributed by atoms with E-state index in [0.717, 1.165) is 0 Å². The fourth-order valence-electron chi connectivity index (χ4n) is 2.75. The smallest absolute Gasteiger partial charge is 0.331 e. The van der Waals surface area contributed by atoms with Crippen LogP contribution >= 0.6 is 11.6 Å². The van der Waals surface area contributed by atoms with Gasteiger partial charge in [-0.25, -0.2) is 9.19 Å². The van der Waals surface area contributed by atoms with Crippen molar-refractivity contribution in [3.8, 4) is 11.4 Å². The maximum absolute atomic E-state index is 13.1. The van der Waals surface area contributed by atoms with E-state index in [1.807, 2.05) is 6.07 Å². The first-order chi connectivity index (χ1) is 13.6. The maximum Gasteiger partial charge on any atom is 0.400 e. The van der Waals surface area contributed by atoms with E-state index in [4.69, 9.17) is 11.6 Å². The highest BCUT2D eigenvalue weighted by molar-refractivity contribution is 7.93. The third-order valence-electron chi connectivity index (χ3n) is 4.14. The lowest BCUT2D eigenvalue weighted by atomic mass is 10.2. The molecule has 4 aromatic rings. The highest BCUT2D eigenvalue weighted by Gasteiger charge is 2.35. The number of halogens is 3. The van der Waals surface area contributed by atoms with Gasteiger partial charge in [-0.2, -0.15) is 18.1 Å². The molecule has 0 aliphatic heterocycles. The first-order valence-electron chi connectivity index (χ1n) is 8.32. The van der Waals surface area contributed by atoms with Gasteiger partial charge in [0.1, 0.15) is 5.65 Å². The van der Waals surface area contributed by atoms with Crippen LogP contribution in [0, 0.1) is 6.92 Å². The lowest BCUT2D eigenvalue weighted by Gasteiger charge is -2.05. The fourth-order valence-corrected chi connectivity index (χ4v) is 4.14. The van der Waals surface area contributed by atoms with Crippen LogP contribution in [0.3, 0.4) is 0 Å². The Morgan fingerprint density at radius 3 is 2.59 bits per heavy atom. The molecule has 3 heterocycles. The lowest BCUT2D eigenvalue weighted by molar-refractivity contribution is 0.0551. The Morgan fingerprint density at radius 1 is 1.21 bits per heavy atom. The molecule has 0 fully saturated rings. The van der Waals surface area contributed by atoms with E-state index in [2.05, 4.69) is 24.0 Å². The second-order valence-corrected chi connectivity index (χ2v) is 9.03. The molecular weight excluding hydrogens is 424 g/mol. The predicted octanol–water partition coefficient (Wildman–Crippen LogP) is 4.77. The van der Waals surface area contributed by atoms with Gasteiger partial charge >= 0.3 is 11.3 Å². The number of fused-ring (bicyclic) bond motifs is 1. The van der Waals surface area contributed by atoms with Crippen LogP contribution in [0.5, 0.6) is 0 Å². The number of benzene rings is 1. The molecule has 0 aliphatic carbocycles. The average molecular weight is 438 g/mol. The Kier molecular flexibility index (Phi) is 4.62. The normalized spacial score (nSPS) is 14.1. The maximum atomic E-state index is 13.1. The summed E-state index contributed by atoms with van der Waals surface area (Å²) in [5, 5.41) is -0.215. The van der Waals surface area contributed by atoms with Crippen LogP contribution in [0.15, 0.2) is 62.4 Å². The van der Waals surface area contributed by atoms with Crippen molar-refractivity contribution in [2.45, 2.75) is 17.2 Å². The van der Waals surface area contributed by atoms with Gasteiger partial charge in [0, 0.05) is 22.9 Å². The van der Waals surface area contributed by atoms with Gasteiger partial charge in [0.2, 0.25) is 5.82 Å². The molecule has 0 spiro atoms. The zero-order valence-corrected chi connectivity index (χ0v) is 16.8. The van der Waals surface area contributed by atoms with Crippen molar-refractivity contribution in [2.75, 3.05) is 6.26 Å². The third-order valence-corrected chi connectivity index (χ3v) is 5.97. The summed E-state index contributed by atoms with van der Waals surface area (Å²) in [6, 6.07) is 12.1. The molecule has 4 rings (SSSR count). The van der Waals surface area contributed by atoms with Gasteiger partial charge in [-0.15, -0.1) is 0 Å². The highest BCUT2D eigenvalue weighted by Crippen LogP contribution is 2.33. The zero-order valence-electron chi connectivity index (χ0n) is 15.2. The fraction of sp³-hybridized carbons (Fsp3) is 0.167. The van der Waals surface area contributed by atoms with Crippen molar-refractivity contribution >= 4 is 32.8 Å². The van der Waals surface area contributed by atoms with E-state index in [-0.39, 0.29) is 5.82 Å². The van der Waals surface area contributed by atoms with Crippen LogP contribution < -0.4 is 0 Å². The summed E-state index contributed by atoms with van der Waals surface area (Å²) in [5.41, 5.74) is 1.44. The number of aromatic nitrogens is 4. The average Bonchev–Trinajstić information content (AvgIpc) is 3.27. The first kappa shape index (κ1) is 19.5. The number of alkyl halides is 3. The largest absolute Gasteiger partial charge is 0.400 e. The van der Waals surface area contributed by atoms with Gasteiger partial charge < -0.3 is 4.52 Å². The number of imidazole rings is 1. The lowest BCUT2D eigenvalue weighted by Crippen LogP contribution is -2.03. The summed E-state index contributed by atoms with van der Waals surface area (Å²) in [4.78, 5) is 8.64. The Balaban J connectivity index is 1.79. The van der Waals surface area contributed by atoms with Gasteiger partial charge in [-0.3, -0.25) is 4.40 Å². The molecule has 7 nitrogen and oxygen atoms in total. The van der Waals surface area contributed by atoms with Crippen molar-refractivity contribution < 1.29 is 17.5 Å². The summed E-state index contributed by atoms with van der Waals surface area (Å²) >= 11 is 4.90. The van der Waals surface area contributed by atoms with E-state index in [1.54, 1.807) is 60.2 Å². The molecule has 1 aromatic carbocycles. The number of nitrogens with zero attached hydrogens (tertiary/aromatic N) is 5. The van der Waals surface area contributed by atoms with Gasteiger partial charge in [0.25, 0.3) is 0 Å². The SMILES string of the molecule is Cc1nc2cc(-c3noc(C(F)(F)Cl)n3)ccn2c1N=S(C)(=O)c1ccccc1. The number of rotatable bonds is 4. The summed E-state index contributed by atoms with van der Waals surface area (Å²) in [7, 11) is -2.70. The number of aryl methyl sites for hydroxylation is 1. The van der Waals surface area contributed by atoms with Crippen LogP contribution in [0.2, 0.25) is 0 Å². The van der Waals surface area contributed by atoms with E-state index >= 15 is 0 Å². The molecule has 11 heteroatoms. The number of pyridine rings is 1. The Bertz CT molecular complexity index is 1320. The minimum Gasteiger partial charge on any atom is -0.331 e. The summed E-state index contributed by atoms with van der Waals surface area (Å²) in [6.45, 7) is 1.74. The van der Waals surface area contributed by atoms with Crippen molar-refractivity contribution in [3.63, 3.8) is 0 Å². The van der Waals surface area contributed by atoms with Gasteiger partial charge in [0.05, 0.1) is 15.4 Å². The van der Waals surface area contributed by atoms with E-state index in [9.17, 15) is 13.0 Å². The van der Waals surface area contributed by atoms with Gasteiger partial charge in [0.15, 0.2) is 5.82 Å². The van der Waals surface area contributed by atoms with Crippen molar-refractivity contribution in [1.29, 1.82) is 0 Å². The second kappa shape index (κ2) is 6.89. The quantitative estimate of drug-likeness (QED) is 0.429. The molecular formula is C18H14ClF2N5O2S. The molecule has 0 amide bonds. The molecule has 0 bridgehead atoms. The molecule has 0 aliphatic rings. The van der Waals surface area contributed by atoms with Crippen LogP contribution in [0.25, 0.3) is 17.0 Å². The molecule has 29 heavy (non-hydrogen) atoms. The van der Waals surface area contributed by atoms with Crippen LogP contribution in [-0.2, 0) is 15.1 Å². The molecule has 0 radical (unpaired) electrons. The predicted molar refractivity (Wildman–Crippen MR) is 104 cm³/mol. The molecule has 1 unspecified atom stereocenters. The van der Waals surface area contributed by atoms with Gasteiger partial charge in [-0.1, -0.05) is 23.4 Å². The van der Waals surface area contributed by atoms with Crippen LogP contribution in [0.4, 0.5) is 14.6 Å². The topological polar surface area (TPSA) is 85.7 Å². The minimum absolute atomic E-state index is 0.0504. The number of hydrogen-bond donors (Lipinski definition) is 0. The Morgan fingerprint density at radius 2 is 1.93 bits per heavy atom. The minimum atomic E-state index is -3.75. The summed E-state index contributed by atoms with van der Waals surface area (Å²) < 4.78 is 49.9. The molecule has 3 aromatic heterocycles. The molecule has 0 saturated heterocycles. The van der Waals surface area contributed by atoms with Crippen molar-refractivity contribution in [2.24, 2.45) is 4.36 Å². The number of hydrogen-bond acceptors (Lipinski definition) is 6. The Hall–Kier alpha value is -2.85. The molecule has 0 N–H and O–H groups in total. The zero-order chi connectivity index (χ0) is 20.8. The first-order valence-corrected chi connectivity index (χ1v) is 10.6. The summed E-state index contributed by atoms with van der Waals surface area (Å²) in [5.74, 6) is -0.604. The van der Waals surface area contributed by atoms with Crippen LogP contribution in [0.1, 0.15) is 11.6 Å². The summed E-state index contributed by atoms with van der Waals surface area (Å²) in [6.07, 6.45) is 3.18. The van der Waals surface area contributed by atoms with E-state index in [1.165, 1.54) is 0 Å². The van der Waals surface area contributed by atoms with Gasteiger partial charge in [-0.05, 0) is 42.8 Å². The van der Waals surface area contributed by atoms with E-state index < -0.39 is 21.0 Å². The molecule has 0 saturated carbocycles. The van der Waals surface area contributed by atoms with Crippen molar-refractivity contribution in [3.05, 3.63) is 60.2 Å². The van der Waals surface area contributed by atoms with Crippen molar-refractivity contribution in [1.82, 2.24) is 19.5 Å². The Labute approximate surface area is 169 Å². The molecule has 1 atom stereocenters. The second-order valence-electron chi connectivity index (χ2n) is 6.29. The van der Waals surface area contributed by atoms with E-state index in [0.29, 0.717) is 27.6 Å². The monoisotopic (exact) mass is 437 g/mol.